The lowest BCUT2D eigenvalue weighted by molar-refractivity contribution is 0.102. The number of ketones is 1. The maximum atomic E-state index is 12.1. The summed E-state index contributed by atoms with van der Waals surface area (Å²) in [5.41, 5.74) is 0.383. The monoisotopic (exact) mass is 338 g/mol. The zero-order valence-corrected chi connectivity index (χ0v) is 12.3. The van der Waals surface area contributed by atoms with Crippen LogP contribution in [0.4, 0.5) is 0 Å². The predicted octanol–water partition coefficient (Wildman–Crippen LogP) is 3.11. The Morgan fingerprint density at radius 2 is 1.68 bits per heavy atom. The first-order chi connectivity index (χ1) is 8.99. The van der Waals surface area contributed by atoms with Gasteiger partial charge < -0.3 is 0 Å². The Labute approximate surface area is 120 Å². The van der Waals surface area contributed by atoms with Crippen molar-refractivity contribution < 1.29 is 13.2 Å². The van der Waals surface area contributed by atoms with Crippen LogP contribution in [0.2, 0.25) is 0 Å². The van der Waals surface area contributed by atoms with E-state index in [4.69, 9.17) is 0 Å². The molecule has 0 saturated heterocycles. The molecule has 0 radical (unpaired) electrons. The van der Waals surface area contributed by atoms with Crippen molar-refractivity contribution in [1.82, 2.24) is 0 Å². The molecule has 2 rings (SSSR count). The van der Waals surface area contributed by atoms with Gasteiger partial charge in [-0.2, -0.15) is 0 Å². The topological polar surface area (TPSA) is 51.2 Å². The van der Waals surface area contributed by atoms with E-state index in [2.05, 4.69) is 15.9 Å². The number of Topliss-reactive ketones (excluding diaryl/α,β-unsaturated/α-hetero) is 1. The molecule has 0 aromatic heterocycles. The van der Waals surface area contributed by atoms with Crippen LogP contribution in [0.15, 0.2) is 64.0 Å². The molecule has 5 heteroatoms. The molecule has 0 spiro atoms. The minimum atomic E-state index is -3.59. The first-order valence-electron chi connectivity index (χ1n) is 5.55. The molecule has 0 aliphatic carbocycles. The standard InChI is InChI=1S/C14H11BrO3S/c15-12-6-4-5-11(9-12)14(16)10-19(17,18)13-7-2-1-3-8-13/h1-9H,10H2. The molecule has 0 aliphatic rings. The molecule has 0 N–H and O–H groups in total. The van der Waals surface area contributed by atoms with E-state index in [1.165, 1.54) is 12.1 Å². The summed E-state index contributed by atoms with van der Waals surface area (Å²) < 4.78 is 24.9. The van der Waals surface area contributed by atoms with E-state index in [1.807, 2.05) is 0 Å². The average Bonchev–Trinajstić information content (AvgIpc) is 2.39. The fraction of sp³-hybridized carbons (Fsp3) is 0.0714. The molecule has 0 bridgehead atoms. The molecule has 98 valence electrons. The van der Waals surface area contributed by atoms with Crippen LogP contribution in [0, 0.1) is 0 Å². The predicted molar refractivity (Wildman–Crippen MR) is 77.0 cm³/mol. The average molecular weight is 339 g/mol. The van der Waals surface area contributed by atoms with Gasteiger partial charge in [0.1, 0.15) is 5.75 Å². The van der Waals surface area contributed by atoms with Gasteiger partial charge in [0.2, 0.25) is 0 Å². The van der Waals surface area contributed by atoms with Gasteiger partial charge in [0.05, 0.1) is 4.90 Å². The second-order valence-corrected chi connectivity index (χ2v) is 6.91. The highest BCUT2D eigenvalue weighted by Gasteiger charge is 2.20. The van der Waals surface area contributed by atoms with Crippen molar-refractivity contribution in [3.8, 4) is 0 Å². The van der Waals surface area contributed by atoms with Crippen molar-refractivity contribution in [2.75, 3.05) is 5.75 Å². The molecule has 3 nitrogen and oxygen atoms in total. The molecule has 0 heterocycles. The number of hydrogen-bond donors (Lipinski definition) is 0. The molecule has 0 unspecified atom stereocenters. The Morgan fingerprint density at radius 1 is 1.00 bits per heavy atom. The maximum absolute atomic E-state index is 12.1. The number of rotatable bonds is 4. The summed E-state index contributed by atoms with van der Waals surface area (Å²) in [7, 11) is -3.59. The van der Waals surface area contributed by atoms with Crippen LogP contribution in [-0.4, -0.2) is 20.0 Å². The molecular weight excluding hydrogens is 328 g/mol. The zero-order valence-electron chi connectivity index (χ0n) is 9.91. The van der Waals surface area contributed by atoms with Gasteiger partial charge >= 0.3 is 0 Å². The van der Waals surface area contributed by atoms with Gasteiger partial charge in [-0.1, -0.05) is 46.3 Å². The molecule has 0 saturated carbocycles. The smallest absolute Gasteiger partial charge is 0.185 e. The molecule has 0 amide bonds. The normalized spacial score (nSPS) is 11.2. The molecule has 2 aromatic carbocycles. The second-order valence-electron chi connectivity index (χ2n) is 4.01. The van der Waals surface area contributed by atoms with Gasteiger partial charge in [-0.05, 0) is 24.3 Å². The number of carbonyl (C=O) groups excluding carboxylic acids is 1. The van der Waals surface area contributed by atoms with Crippen molar-refractivity contribution in [2.24, 2.45) is 0 Å². The van der Waals surface area contributed by atoms with Crippen LogP contribution < -0.4 is 0 Å². The van der Waals surface area contributed by atoms with Crippen molar-refractivity contribution in [3.63, 3.8) is 0 Å². The summed E-state index contributed by atoms with van der Waals surface area (Å²) in [4.78, 5) is 12.2. The van der Waals surface area contributed by atoms with E-state index in [1.54, 1.807) is 42.5 Å². The number of halogens is 1. The van der Waals surface area contributed by atoms with Crippen LogP contribution >= 0.6 is 15.9 Å². The third-order valence-corrected chi connectivity index (χ3v) is 4.70. The van der Waals surface area contributed by atoms with E-state index < -0.39 is 21.4 Å². The van der Waals surface area contributed by atoms with Gasteiger partial charge in [0.25, 0.3) is 0 Å². The van der Waals surface area contributed by atoms with Crippen molar-refractivity contribution in [2.45, 2.75) is 4.90 Å². The van der Waals surface area contributed by atoms with E-state index in [9.17, 15) is 13.2 Å². The quantitative estimate of drug-likeness (QED) is 0.805. The lowest BCUT2D eigenvalue weighted by Gasteiger charge is -2.04. The van der Waals surface area contributed by atoms with Gasteiger partial charge in [-0.15, -0.1) is 0 Å². The summed E-state index contributed by atoms with van der Waals surface area (Å²) in [6.07, 6.45) is 0. The van der Waals surface area contributed by atoms with Crippen LogP contribution in [0.5, 0.6) is 0 Å². The van der Waals surface area contributed by atoms with Gasteiger partial charge in [0, 0.05) is 10.0 Å². The Hall–Kier alpha value is -1.46. The molecule has 0 atom stereocenters. The lowest BCUT2D eigenvalue weighted by Crippen LogP contribution is -2.16. The Balaban J connectivity index is 2.24. The summed E-state index contributed by atoms with van der Waals surface area (Å²) in [6, 6.07) is 14.7. The van der Waals surface area contributed by atoms with Crippen LogP contribution in [-0.2, 0) is 9.84 Å². The Bertz CT molecular complexity index is 694. The molecular formula is C14H11BrO3S. The summed E-state index contributed by atoms with van der Waals surface area (Å²) in [5, 5.41) is 0. The first kappa shape index (κ1) is 14.0. The van der Waals surface area contributed by atoms with Crippen molar-refractivity contribution in [3.05, 3.63) is 64.6 Å². The second kappa shape index (κ2) is 5.67. The summed E-state index contributed by atoms with van der Waals surface area (Å²) in [6.45, 7) is 0. The van der Waals surface area contributed by atoms with E-state index in [0.717, 1.165) is 4.47 Å². The third kappa shape index (κ3) is 3.52. The van der Waals surface area contributed by atoms with E-state index in [0.29, 0.717) is 5.56 Å². The minimum absolute atomic E-state index is 0.165. The van der Waals surface area contributed by atoms with E-state index in [-0.39, 0.29) is 4.90 Å². The number of benzene rings is 2. The minimum Gasteiger partial charge on any atom is -0.293 e. The van der Waals surface area contributed by atoms with Crippen LogP contribution in [0.1, 0.15) is 10.4 Å². The Morgan fingerprint density at radius 3 is 2.32 bits per heavy atom. The van der Waals surface area contributed by atoms with Crippen molar-refractivity contribution >= 4 is 31.6 Å². The van der Waals surface area contributed by atoms with Crippen LogP contribution in [0.3, 0.4) is 0 Å². The van der Waals surface area contributed by atoms with E-state index >= 15 is 0 Å². The molecule has 2 aromatic rings. The maximum Gasteiger partial charge on any atom is 0.185 e. The van der Waals surface area contributed by atoms with Gasteiger partial charge in [0.15, 0.2) is 15.6 Å². The van der Waals surface area contributed by atoms with Crippen LogP contribution in [0.25, 0.3) is 0 Å². The largest absolute Gasteiger partial charge is 0.293 e. The SMILES string of the molecule is O=C(CS(=O)(=O)c1ccccc1)c1cccc(Br)c1. The number of sulfone groups is 1. The fourth-order valence-corrected chi connectivity index (χ4v) is 3.28. The highest BCUT2D eigenvalue weighted by atomic mass is 79.9. The molecule has 19 heavy (non-hydrogen) atoms. The van der Waals surface area contributed by atoms with Gasteiger partial charge in [-0.3, -0.25) is 4.79 Å². The first-order valence-corrected chi connectivity index (χ1v) is 8.00. The number of hydrogen-bond acceptors (Lipinski definition) is 3. The Kier molecular flexibility index (Phi) is 4.17. The highest BCUT2D eigenvalue weighted by molar-refractivity contribution is 9.10. The summed E-state index contributed by atoms with van der Waals surface area (Å²) in [5.74, 6) is -0.932. The van der Waals surface area contributed by atoms with Gasteiger partial charge in [-0.25, -0.2) is 8.42 Å². The summed E-state index contributed by atoms with van der Waals surface area (Å²) >= 11 is 3.25. The van der Waals surface area contributed by atoms with Crippen molar-refractivity contribution in [1.29, 1.82) is 0 Å². The highest BCUT2D eigenvalue weighted by Crippen LogP contribution is 2.15. The lowest BCUT2D eigenvalue weighted by atomic mass is 10.2. The zero-order chi connectivity index (χ0) is 13.9. The fourth-order valence-electron chi connectivity index (χ4n) is 1.63. The number of carbonyl (C=O) groups is 1. The third-order valence-electron chi connectivity index (χ3n) is 2.57. The molecule has 0 fully saturated rings. The molecule has 0 aliphatic heterocycles.